The van der Waals surface area contributed by atoms with Crippen LogP contribution in [0.4, 0.5) is 0 Å². The second-order valence-electron chi connectivity index (χ2n) is 5.90. The van der Waals surface area contributed by atoms with Crippen LogP contribution in [0, 0.1) is 19.8 Å². The molecule has 1 amide bonds. The number of H-pyrrole nitrogens is 1. The van der Waals surface area contributed by atoms with Gasteiger partial charge in [0.05, 0.1) is 0 Å². The van der Waals surface area contributed by atoms with Crippen molar-refractivity contribution in [3.63, 3.8) is 0 Å². The van der Waals surface area contributed by atoms with Gasteiger partial charge < -0.3 is 10.3 Å². The highest BCUT2D eigenvalue weighted by Crippen LogP contribution is 2.18. The van der Waals surface area contributed by atoms with E-state index in [0.29, 0.717) is 5.56 Å². The molecule has 0 aliphatic rings. The van der Waals surface area contributed by atoms with E-state index < -0.39 is 0 Å². The Bertz CT molecular complexity index is 743. The van der Waals surface area contributed by atoms with Crippen molar-refractivity contribution in [2.45, 2.75) is 47.1 Å². The monoisotopic (exact) mass is 300 g/mol. The molecule has 0 saturated carbocycles. The molecule has 2 rings (SSSR count). The molecule has 0 aliphatic carbocycles. The van der Waals surface area contributed by atoms with E-state index in [-0.39, 0.29) is 23.9 Å². The van der Waals surface area contributed by atoms with Crippen LogP contribution in [0.5, 0.6) is 0 Å². The van der Waals surface area contributed by atoms with Crippen LogP contribution in [-0.4, -0.2) is 10.9 Å². The van der Waals surface area contributed by atoms with Crippen molar-refractivity contribution < 1.29 is 4.79 Å². The molecule has 1 heterocycles. The third-order valence-electron chi connectivity index (χ3n) is 4.20. The number of aromatic nitrogens is 1. The van der Waals surface area contributed by atoms with E-state index in [1.165, 1.54) is 0 Å². The van der Waals surface area contributed by atoms with Gasteiger partial charge in [-0.25, -0.2) is 0 Å². The third-order valence-corrected chi connectivity index (χ3v) is 4.20. The first-order valence-corrected chi connectivity index (χ1v) is 7.87. The first kappa shape index (κ1) is 16.3. The third kappa shape index (κ3) is 3.38. The van der Waals surface area contributed by atoms with Crippen LogP contribution in [0.25, 0.3) is 10.9 Å². The summed E-state index contributed by atoms with van der Waals surface area (Å²) in [6, 6.07) is 5.94. The lowest BCUT2D eigenvalue weighted by molar-refractivity contribution is -0.125. The number of nitrogens with one attached hydrogen (secondary N) is 2. The Morgan fingerprint density at radius 2 is 1.86 bits per heavy atom. The SMILES string of the molecule is CCC(CC)C(=O)NCc1cc2c(C)cc(C)cc2[nH]c1=O. The van der Waals surface area contributed by atoms with E-state index in [1.54, 1.807) is 0 Å². The van der Waals surface area contributed by atoms with E-state index in [4.69, 9.17) is 0 Å². The molecule has 0 atom stereocenters. The number of amides is 1. The van der Waals surface area contributed by atoms with Gasteiger partial charge in [0.15, 0.2) is 0 Å². The fraction of sp³-hybridized carbons (Fsp3) is 0.444. The molecule has 2 aromatic rings. The summed E-state index contributed by atoms with van der Waals surface area (Å²) in [7, 11) is 0. The molecular weight excluding hydrogens is 276 g/mol. The van der Waals surface area contributed by atoms with Gasteiger partial charge in [-0.05, 0) is 49.9 Å². The molecular formula is C18H24N2O2. The average Bonchev–Trinajstić information content (AvgIpc) is 2.46. The van der Waals surface area contributed by atoms with Gasteiger partial charge in [0.1, 0.15) is 0 Å². The van der Waals surface area contributed by atoms with Crippen molar-refractivity contribution in [1.82, 2.24) is 10.3 Å². The number of aromatic amines is 1. The first-order valence-electron chi connectivity index (χ1n) is 7.87. The molecule has 1 aromatic carbocycles. The normalized spacial score (nSPS) is 11.1. The van der Waals surface area contributed by atoms with Crippen LogP contribution in [0.2, 0.25) is 0 Å². The second kappa shape index (κ2) is 6.77. The van der Waals surface area contributed by atoms with Gasteiger partial charge in [0.2, 0.25) is 5.91 Å². The zero-order valence-corrected chi connectivity index (χ0v) is 13.7. The molecule has 0 radical (unpaired) electrons. The largest absolute Gasteiger partial charge is 0.352 e. The summed E-state index contributed by atoms with van der Waals surface area (Å²) in [4.78, 5) is 27.1. The lowest BCUT2D eigenvalue weighted by atomic mass is 10.0. The fourth-order valence-electron chi connectivity index (χ4n) is 2.83. The minimum Gasteiger partial charge on any atom is -0.352 e. The molecule has 0 bridgehead atoms. The number of carbonyl (C=O) groups is 1. The number of carbonyl (C=O) groups excluding carboxylic acids is 1. The average molecular weight is 300 g/mol. The zero-order chi connectivity index (χ0) is 16.3. The summed E-state index contributed by atoms with van der Waals surface area (Å²) in [6.07, 6.45) is 1.63. The Morgan fingerprint density at radius 3 is 2.50 bits per heavy atom. The van der Waals surface area contributed by atoms with Gasteiger partial charge in [-0.1, -0.05) is 19.9 Å². The fourth-order valence-corrected chi connectivity index (χ4v) is 2.83. The Hall–Kier alpha value is -2.10. The van der Waals surface area contributed by atoms with E-state index in [2.05, 4.69) is 16.4 Å². The summed E-state index contributed by atoms with van der Waals surface area (Å²) in [5, 5.41) is 3.90. The van der Waals surface area contributed by atoms with Crippen LogP contribution >= 0.6 is 0 Å². The van der Waals surface area contributed by atoms with Crippen LogP contribution in [-0.2, 0) is 11.3 Å². The molecule has 4 heteroatoms. The quantitative estimate of drug-likeness (QED) is 0.890. The molecule has 0 aliphatic heterocycles. The van der Waals surface area contributed by atoms with Crippen LogP contribution < -0.4 is 10.9 Å². The van der Waals surface area contributed by atoms with Gasteiger partial charge in [-0.15, -0.1) is 0 Å². The smallest absolute Gasteiger partial charge is 0.253 e. The summed E-state index contributed by atoms with van der Waals surface area (Å²) in [6.45, 7) is 8.31. The van der Waals surface area contributed by atoms with Crippen LogP contribution in [0.1, 0.15) is 43.4 Å². The number of aryl methyl sites for hydroxylation is 2. The number of hydrogen-bond acceptors (Lipinski definition) is 2. The summed E-state index contributed by atoms with van der Waals surface area (Å²) >= 11 is 0. The van der Waals surface area contributed by atoms with Gasteiger partial charge in [0.25, 0.3) is 5.56 Å². The minimum absolute atomic E-state index is 0.0175. The number of hydrogen-bond donors (Lipinski definition) is 2. The predicted octanol–water partition coefficient (Wildman–Crippen LogP) is 3.20. The predicted molar refractivity (Wildman–Crippen MR) is 90.0 cm³/mol. The van der Waals surface area contributed by atoms with Crippen molar-refractivity contribution in [3.05, 3.63) is 45.2 Å². The van der Waals surface area contributed by atoms with Crippen molar-refractivity contribution in [2.75, 3.05) is 0 Å². The number of pyridine rings is 1. The molecule has 0 unspecified atom stereocenters. The number of rotatable bonds is 5. The van der Waals surface area contributed by atoms with Crippen molar-refractivity contribution in [2.24, 2.45) is 5.92 Å². The second-order valence-corrected chi connectivity index (χ2v) is 5.90. The highest BCUT2D eigenvalue weighted by atomic mass is 16.2. The maximum absolute atomic E-state index is 12.2. The van der Waals surface area contributed by atoms with Gasteiger partial charge in [-0.2, -0.15) is 0 Å². The minimum atomic E-state index is -0.137. The van der Waals surface area contributed by atoms with Gasteiger partial charge in [-0.3, -0.25) is 9.59 Å². The molecule has 118 valence electrons. The van der Waals surface area contributed by atoms with Crippen molar-refractivity contribution in [1.29, 1.82) is 0 Å². The molecule has 1 aromatic heterocycles. The van der Waals surface area contributed by atoms with E-state index in [1.807, 2.05) is 39.8 Å². The maximum Gasteiger partial charge on any atom is 0.253 e. The standard InChI is InChI=1S/C18H24N2O2/c1-5-13(6-2)17(21)19-10-14-9-15-12(4)7-11(3)8-16(15)20-18(14)22/h7-9,13H,5-6,10H2,1-4H3,(H,19,21)(H,20,22). The zero-order valence-electron chi connectivity index (χ0n) is 13.7. The first-order chi connectivity index (χ1) is 10.5. The van der Waals surface area contributed by atoms with Gasteiger partial charge in [0, 0.05) is 28.9 Å². The Kier molecular flexibility index (Phi) is 5.01. The number of fused-ring (bicyclic) bond motifs is 1. The van der Waals surface area contributed by atoms with Crippen molar-refractivity contribution in [3.8, 4) is 0 Å². The topological polar surface area (TPSA) is 62.0 Å². The van der Waals surface area contributed by atoms with Crippen LogP contribution in [0.15, 0.2) is 23.0 Å². The van der Waals surface area contributed by atoms with Crippen molar-refractivity contribution >= 4 is 16.8 Å². The van der Waals surface area contributed by atoms with Crippen LogP contribution in [0.3, 0.4) is 0 Å². The lowest BCUT2D eigenvalue weighted by Crippen LogP contribution is -2.31. The Balaban J connectivity index is 2.27. The molecule has 2 N–H and O–H groups in total. The summed E-state index contributed by atoms with van der Waals surface area (Å²) < 4.78 is 0. The molecule has 0 saturated heterocycles. The van der Waals surface area contributed by atoms with E-state index >= 15 is 0 Å². The summed E-state index contributed by atoms with van der Waals surface area (Å²) in [5.41, 5.74) is 3.55. The number of benzene rings is 1. The van der Waals surface area contributed by atoms with E-state index in [9.17, 15) is 9.59 Å². The Morgan fingerprint density at radius 1 is 1.18 bits per heavy atom. The Labute approximate surface area is 130 Å². The molecule has 0 spiro atoms. The lowest BCUT2D eigenvalue weighted by Gasteiger charge is -2.13. The molecule has 0 fully saturated rings. The molecule has 4 nitrogen and oxygen atoms in total. The van der Waals surface area contributed by atoms with E-state index in [0.717, 1.165) is 34.9 Å². The highest BCUT2D eigenvalue weighted by molar-refractivity contribution is 5.83. The highest BCUT2D eigenvalue weighted by Gasteiger charge is 2.14. The summed E-state index contributed by atoms with van der Waals surface area (Å²) in [5.74, 6) is 0.0362. The molecule has 22 heavy (non-hydrogen) atoms. The van der Waals surface area contributed by atoms with Gasteiger partial charge >= 0.3 is 0 Å². The maximum atomic E-state index is 12.2.